The Hall–Kier alpha value is -2.54. The molecule has 0 aliphatic carbocycles. The Morgan fingerprint density at radius 3 is 2.35 bits per heavy atom. The van der Waals surface area contributed by atoms with Crippen LogP contribution in [0.25, 0.3) is 0 Å². The molecule has 0 heterocycles. The molecule has 0 saturated carbocycles. The third kappa shape index (κ3) is 8.77. The highest BCUT2D eigenvalue weighted by atomic mass is 35.5. The molecule has 0 aliphatic heterocycles. The van der Waals surface area contributed by atoms with Gasteiger partial charge < -0.3 is 10.2 Å². The molecular weight excluding hydrogens is 530 g/mol. The monoisotopic (exact) mass is 560 g/mol. The highest BCUT2D eigenvalue weighted by Gasteiger charge is 2.31. The van der Waals surface area contributed by atoms with Crippen LogP contribution in [-0.4, -0.2) is 34.6 Å². The second-order valence-corrected chi connectivity index (χ2v) is 10.7. The van der Waals surface area contributed by atoms with Crippen LogP contribution < -0.4 is 5.32 Å². The number of thioether (sulfide) groups is 1. The predicted octanol–water partition coefficient (Wildman–Crippen LogP) is 6.92. The number of carbonyl (C=O) groups excluding carboxylic acids is 2. The van der Waals surface area contributed by atoms with E-state index in [9.17, 15) is 14.0 Å². The van der Waals surface area contributed by atoms with E-state index in [4.69, 9.17) is 23.2 Å². The van der Waals surface area contributed by atoms with Crippen molar-refractivity contribution >= 4 is 46.8 Å². The fourth-order valence-corrected chi connectivity index (χ4v) is 4.95. The summed E-state index contributed by atoms with van der Waals surface area (Å²) in [5.74, 6) is -0.245. The molecule has 0 radical (unpaired) electrons. The van der Waals surface area contributed by atoms with Crippen molar-refractivity contribution in [3.05, 3.63) is 105 Å². The molecule has 0 aliphatic rings. The first-order valence-electron chi connectivity index (χ1n) is 12.2. The second-order valence-electron chi connectivity index (χ2n) is 8.88. The number of amides is 2. The molecule has 4 nitrogen and oxygen atoms in total. The minimum atomic E-state index is -0.797. The van der Waals surface area contributed by atoms with Gasteiger partial charge >= 0.3 is 0 Å². The summed E-state index contributed by atoms with van der Waals surface area (Å²) in [7, 11) is 0. The van der Waals surface area contributed by atoms with Crippen molar-refractivity contribution in [3.8, 4) is 0 Å². The number of rotatable bonds is 12. The van der Waals surface area contributed by atoms with Gasteiger partial charge in [0.05, 0.1) is 15.8 Å². The third-order valence-corrected chi connectivity index (χ3v) is 7.78. The Morgan fingerprint density at radius 2 is 1.68 bits per heavy atom. The summed E-state index contributed by atoms with van der Waals surface area (Å²) in [4.78, 5) is 28.6. The number of hydrogen-bond donors (Lipinski definition) is 1. The number of hydrogen-bond acceptors (Lipinski definition) is 3. The van der Waals surface area contributed by atoms with Gasteiger partial charge in [0, 0.05) is 30.3 Å². The van der Waals surface area contributed by atoms with Crippen molar-refractivity contribution < 1.29 is 14.0 Å². The molecule has 196 valence electrons. The molecule has 0 spiro atoms. The van der Waals surface area contributed by atoms with Gasteiger partial charge in [0.1, 0.15) is 11.9 Å². The highest BCUT2D eigenvalue weighted by molar-refractivity contribution is 7.99. The molecule has 0 aromatic heterocycles. The van der Waals surface area contributed by atoms with Gasteiger partial charge in [-0.15, -0.1) is 11.8 Å². The molecule has 0 saturated heterocycles. The molecule has 37 heavy (non-hydrogen) atoms. The maximum absolute atomic E-state index is 14.6. The van der Waals surface area contributed by atoms with Crippen molar-refractivity contribution in [2.75, 3.05) is 5.75 Å². The first-order chi connectivity index (χ1) is 17.8. The van der Waals surface area contributed by atoms with Gasteiger partial charge in [0.25, 0.3) is 0 Å². The predicted molar refractivity (Wildman–Crippen MR) is 151 cm³/mol. The normalized spacial score (nSPS) is 12.6. The van der Waals surface area contributed by atoms with Gasteiger partial charge in [0.2, 0.25) is 11.8 Å². The van der Waals surface area contributed by atoms with Gasteiger partial charge in [-0.1, -0.05) is 84.7 Å². The molecule has 0 fully saturated rings. The maximum atomic E-state index is 14.6. The lowest BCUT2D eigenvalue weighted by Crippen LogP contribution is -2.52. The number of nitrogens with zero attached hydrogens (tertiary/aromatic N) is 1. The third-order valence-electron chi connectivity index (χ3n) is 6.05. The summed E-state index contributed by atoms with van der Waals surface area (Å²) in [6, 6.07) is 20.4. The Bertz CT molecular complexity index is 1200. The average molecular weight is 562 g/mol. The molecule has 2 atom stereocenters. The van der Waals surface area contributed by atoms with Crippen molar-refractivity contribution in [3.63, 3.8) is 0 Å². The van der Waals surface area contributed by atoms with Crippen LogP contribution in [0, 0.1) is 5.82 Å². The van der Waals surface area contributed by atoms with E-state index in [1.807, 2.05) is 50.2 Å². The molecule has 3 rings (SSSR count). The quantitative estimate of drug-likeness (QED) is 0.261. The van der Waals surface area contributed by atoms with Crippen LogP contribution >= 0.6 is 35.0 Å². The van der Waals surface area contributed by atoms with Crippen LogP contribution in [-0.2, 0) is 28.3 Å². The first kappa shape index (κ1) is 29.0. The van der Waals surface area contributed by atoms with Crippen LogP contribution in [0.5, 0.6) is 0 Å². The summed E-state index contributed by atoms with van der Waals surface area (Å²) in [6.45, 7) is 3.90. The number of benzene rings is 3. The van der Waals surface area contributed by atoms with Crippen LogP contribution in [0.4, 0.5) is 4.39 Å². The Kier molecular flexibility index (Phi) is 11.3. The first-order valence-corrected chi connectivity index (χ1v) is 14.1. The van der Waals surface area contributed by atoms with Gasteiger partial charge in [-0.05, 0) is 42.7 Å². The zero-order valence-electron chi connectivity index (χ0n) is 20.9. The molecule has 8 heteroatoms. The van der Waals surface area contributed by atoms with Crippen LogP contribution in [0.3, 0.4) is 0 Å². The SMILES string of the molecule is CC[C@H](C)NC(=O)[C@H](Cc1ccccc1)N(Cc1ccccc1F)C(=O)CSCc1ccc(Cl)c(Cl)c1. The molecule has 3 aromatic rings. The largest absolute Gasteiger partial charge is 0.352 e. The molecule has 3 aromatic carbocycles. The van der Waals surface area contributed by atoms with E-state index in [-0.39, 0.29) is 30.2 Å². The second kappa shape index (κ2) is 14.4. The van der Waals surface area contributed by atoms with E-state index >= 15 is 0 Å². The summed E-state index contributed by atoms with van der Waals surface area (Å²) < 4.78 is 14.6. The topological polar surface area (TPSA) is 49.4 Å². The number of carbonyl (C=O) groups is 2. The van der Waals surface area contributed by atoms with Crippen LogP contribution in [0.15, 0.2) is 72.8 Å². The smallest absolute Gasteiger partial charge is 0.243 e. The van der Waals surface area contributed by atoms with Crippen molar-refractivity contribution in [2.24, 2.45) is 0 Å². The minimum Gasteiger partial charge on any atom is -0.352 e. The van der Waals surface area contributed by atoms with Crippen molar-refractivity contribution in [2.45, 2.75) is 51.1 Å². The lowest BCUT2D eigenvalue weighted by molar-refractivity contribution is -0.139. The lowest BCUT2D eigenvalue weighted by Gasteiger charge is -2.32. The standard InChI is InChI=1S/C29H31Cl2FN2O2S/c1-3-20(2)33-29(36)27(16-21-9-5-4-6-10-21)34(17-23-11-7-8-12-26(23)32)28(35)19-37-18-22-13-14-24(30)25(31)15-22/h4-15,20,27H,3,16-19H2,1-2H3,(H,33,36)/t20-,27-/m0/s1. The Morgan fingerprint density at radius 1 is 0.973 bits per heavy atom. The van der Waals surface area contributed by atoms with Crippen LogP contribution in [0.1, 0.15) is 37.0 Å². The number of nitrogens with one attached hydrogen (secondary N) is 1. The van der Waals surface area contributed by atoms with Crippen molar-refractivity contribution in [1.82, 2.24) is 10.2 Å². The summed E-state index contributed by atoms with van der Waals surface area (Å²) in [5.41, 5.74) is 2.21. The average Bonchev–Trinajstić information content (AvgIpc) is 2.89. The molecule has 0 unspecified atom stereocenters. The fraction of sp³-hybridized carbons (Fsp3) is 0.310. The Balaban J connectivity index is 1.86. The molecule has 1 N–H and O–H groups in total. The minimum absolute atomic E-state index is 0.00966. The van der Waals surface area contributed by atoms with Gasteiger partial charge in [-0.3, -0.25) is 9.59 Å². The van der Waals surface area contributed by atoms with E-state index in [1.54, 1.807) is 30.3 Å². The van der Waals surface area contributed by atoms with Gasteiger partial charge in [-0.2, -0.15) is 0 Å². The van der Waals surface area contributed by atoms with Crippen LogP contribution in [0.2, 0.25) is 10.0 Å². The summed E-state index contributed by atoms with van der Waals surface area (Å²) in [6.07, 6.45) is 1.07. The van der Waals surface area contributed by atoms with Crippen molar-refractivity contribution in [1.29, 1.82) is 0 Å². The van der Waals surface area contributed by atoms with Gasteiger partial charge in [0.15, 0.2) is 0 Å². The van der Waals surface area contributed by atoms with E-state index in [0.717, 1.165) is 17.5 Å². The van der Waals surface area contributed by atoms with Gasteiger partial charge in [-0.25, -0.2) is 4.39 Å². The zero-order chi connectivity index (χ0) is 26.8. The van der Waals surface area contributed by atoms with E-state index in [0.29, 0.717) is 27.8 Å². The molecule has 0 bridgehead atoms. The van der Waals surface area contributed by atoms with E-state index in [2.05, 4.69) is 5.32 Å². The fourth-order valence-electron chi connectivity index (χ4n) is 3.77. The molecule has 2 amide bonds. The van der Waals surface area contributed by atoms with E-state index < -0.39 is 11.9 Å². The summed E-state index contributed by atoms with van der Waals surface area (Å²) >= 11 is 13.5. The lowest BCUT2D eigenvalue weighted by atomic mass is 10.0. The highest BCUT2D eigenvalue weighted by Crippen LogP contribution is 2.25. The maximum Gasteiger partial charge on any atom is 0.243 e. The zero-order valence-corrected chi connectivity index (χ0v) is 23.3. The number of halogens is 3. The summed E-state index contributed by atoms with van der Waals surface area (Å²) in [5, 5.41) is 3.94. The van der Waals surface area contributed by atoms with E-state index in [1.165, 1.54) is 22.7 Å². The molecular formula is C29H31Cl2FN2O2S. The Labute approximate surface area is 232 Å².